The molecule has 186 valence electrons. The Hall–Kier alpha value is -3.93. The van der Waals surface area contributed by atoms with Crippen LogP contribution in [-0.2, 0) is 16.1 Å². The minimum atomic E-state index is -1.01. The SMILES string of the molecule is CN(C)c1ccc(-c2ccc(CN(C(=O)C3CCCCC3)c3cc(C=CC(=O)O)ccn3)cc2)cc1. The van der Waals surface area contributed by atoms with E-state index in [4.69, 9.17) is 5.11 Å². The zero-order chi connectivity index (χ0) is 25.5. The Morgan fingerprint density at radius 3 is 2.19 bits per heavy atom. The van der Waals surface area contributed by atoms with Crippen molar-refractivity contribution < 1.29 is 14.7 Å². The van der Waals surface area contributed by atoms with Crippen LogP contribution in [0.4, 0.5) is 11.5 Å². The van der Waals surface area contributed by atoms with E-state index in [0.29, 0.717) is 17.9 Å². The first-order chi connectivity index (χ1) is 17.4. The maximum atomic E-state index is 13.6. The first-order valence-electron chi connectivity index (χ1n) is 12.5. The van der Waals surface area contributed by atoms with Crippen LogP contribution in [-0.4, -0.2) is 36.1 Å². The van der Waals surface area contributed by atoms with Gasteiger partial charge in [0, 0.05) is 38.0 Å². The molecule has 0 atom stereocenters. The highest BCUT2D eigenvalue weighted by Gasteiger charge is 2.28. The molecule has 0 unspecified atom stereocenters. The summed E-state index contributed by atoms with van der Waals surface area (Å²) in [7, 11) is 4.05. The molecular weight excluding hydrogens is 450 g/mol. The quantitative estimate of drug-likeness (QED) is 0.396. The van der Waals surface area contributed by atoms with Crippen molar-refractivity contribution in [3.05, 3.63) is 84.1 Å². The van der Waals surface area contributed by atoms with Crippen LogP contribution in [0.2, 0.25) is 0 Å². The van der Waals surface area contributed by atoms with Crippen LogP contribution in [0.15, 0.2) is 72.9 Å². The van der Waals surface area contributed by atoms with Crippen molar-refractivity contribution in [3.8, 4) is 11.1 Å². The number of carboxylic acid groups (broad SMARTS) is 1. The lowest BCUT2D eigenvalue weighted by atomic mass is 9.88. The van der Waals surface area contributed by atoms with Crippen LogP contribution >= 0.6 is 0 Å². The third-order valence-corrected chi connectivity index (χ3v) is 6.70. The van der Waals surface area contributed by atoms with Gasteiger partial charge in [-0.25, -0.2) is 9.78 Å². The molecule has 6 heteroatoms. The Morgan fingerprint density at radius 2 is 1.58 bits per heavy atom. The van der Waals surface area contributed by atoms with Gasteiger partial charge < -0.3 is 10.0 Å². The smallest absolute Gasteiger partial charge is 0.328 e. The Balaban J connectivity index is 1.58. The average molecular weight is 484 g/mol. The number of nitrogens with zero attached hydrogens (tertiary/aromatic N) is 3. The third kappa shape index (κ3) is 6.39. The summed E-state index contributed by atoms with van der Waals surface area (Å²) in [5, 5.41) is 8.98. The summed E-state index contributed by atoms with van der Waals surface area (Å²) in [6, 6.07) is 20.2. The van der Waals surface area contributed by atoms with E-state index in [9.17, 15) is 9.59 Å². The second-order valence-electron chi connectivity index (χ2n) is 9.52. The molecule has 1 amide bonds. The summed E-state index contributed by atoms with van der Waals surface area (Å²) in [4.78, 5) is 32.9. The van der Waals surface area contributed by atoms with Gasteiger partial charge in [0.2, 0.25) is 5.91 Å². The maximum Gasteiger partial charge on any atom is 0.328 e. The van der Waals surface area contributed by atoms with Crippen molar-refractivity contribution in [2.75, 3.05) is 23.9 Å². The summed E-state index contributed by atoms with van der Waals surface area (Å²) in [6.45, 7) is 0.411. The number of carbonyl (C=O) groups excluding carboxylic acids is 1. The van der Waals surface area contributed by atoms with Gasteiger partial charge in [-0.3, -0.25) is 9.69 Å². The van der Waals surface area contributed by atoms with Crippen molar-refractivity contribution in [1.29, 1.82) is 0 Å². The molecule has 36 heavy (non-hydrogen) atoms. The van der Waals surface area contributed by atoms with Gasteiger partial charge in [-0.15, -0.1) is 0 Å². The van der Waals surface area contributed by atoms with Gasteiger partial charge in [-0.1, -0.05) is 55.7 Å². The van der Waals surface area contributed by atoms with Crippen LogP contribution in [0.3, 0.4) is 0 Å². The van der Waals surface area contributed by atoms with Crippen LogP contribution in [0.1, 0.15) is 43.2 Å². The zero-order valence-corrected chi connectivity index (χ0v) is 20.9. The van der Waals surface area contributed by atoms with E-state index in [0.717, 1.165) is 54.1 Å². The number of carbonyl (C=O) groups is 2. The summed E-state index contributed by atoms with van der Waals surface area (Å²) in [5.74, 6) is -0.389. The van der Waals surface area contributed by atoms with Gasteiger partial charge in [0.05, 0.1) is 6.54 Å². The van der Waals surface area contributed by atoms with Crippen molar-refractivity contribution in [2.45, 2.75) is 38.6 Å². The van der Waals surface area contributed by atoms with E-state index < -0.39 is 5.97 Å². The van der Waals surface area contributed by atoms with Crippen molar-refractivity contribution in [2.24, 2.45) is 5.92 Å². The standard InChI is InChI=1S/C30H33N3O3/c1-32(2)27-15-13-25(14-16-27)24-11-8-23(9-12-24)21-33(30(36)26-6-4-3-5-7-26)28-20-22(18-19-31-28)10-17-29(34)35/h8-20,26H,3-7,21H2,1-2H3,(H,34,35). The molecule has 2 aromatic carbocycles. The maximum absolute atomic E-state index is 13.6. The molecule has 0 spiro atoms. The molecule has 1 heterocycles. The lowest BCUT2D eigenvalue weighted by Crippen LogP contribution is -2.37. The highest BCUT2D eigenvalue weighted by atomic mass is 16.4. The predicted octanol–water partition coefficient (Wildman–Crippen LogP) is 6.03. The summed E-state index contributed by atoms with van der Waals surface area (Å²) in [6.07, 6.45) is 9.35. The van der Waals surface area contributed by atoms with Crippen LogP contribution in [0, 0.1) is 5.92 Å². The lowest BCUT2D eigenvalue weighted by Gasteiger charge is -2.29. The molecule has 0 aliphatic heterocycles. The molecule has 1 saturated carbocycles. The summed E-state index contributed by atoms with van der Waals surface area (Å²) >= 11 is 0. The Kier molecular flexibility index (Phi) is 8.16. The molecule has 6 nitrogen and oxygen atoms in total. The fourth-order valence-electron chi connectivity index (χ4n) is 4.63. The first kappa shape index (κ1) is 25.2. The normalized spacial score (nSPS) is 14.1. The van der Waals surface area contributed by atoms with Gasteiger partial charge in [-0.2, -0.15) is 0 Å². The molecule has 0 bridgehead atoms. The first-order valence-corrected chi connectivity index (χ1v) is 12.5. The summed E-state index contributed by atoms with van der Waals surface area (Å²) < 4.78 is 0. The Bertz CT molecular complexity index is 1210. The fraction of sp³-hybridized carbons (Fsp3) is 0.300. The Morgan fingerprint density at radius 1 is 0.944 bits per heavy atom. The number of benzene rings is 2. The molecule has 4 rings (SSSR count). The molecule has 3 aromatic rings. The van der Waals surface area contributed by atoms with Crippen molar-refractivity contribution in [3.63, 3.8) is 0 Å². The van der Waals surface area contributed by atoms with Crippen molar-refractivity contribution >= 4 is 29.5 Å². The monoisotopic (exact) mass is 483 g/mol. The second kappa shape index (κ2) is 11.7. The number of amides is 1. The van der Waals surface area contributed by atoms with E-state index in [1.54, 1.807) is 23.2 Å². The van der Waals surface area contributed by atoms with Gasteiger partial charge in [0.25, 0.3) is 0 Å². The molecule has 0 saturated heterocycles. The Labute approximate surface area is 212 Å². The number of carboxylic acids is 1. The van der Waals surface area contributed by atoms with Gasteiger partial charge in [0.1, 0.15) is 5.82 Å². The molecule has 0 radical (unpaired) electrons. The number of hydrogen-bond acceptors (Lipinski definition) is 4. The minimum absolute atomic E-state index is 0.00625. The number of aromatic nitrogens is 1. The average Bonchev–Trinajstić information content (AvgIpc) is 2.91. The van der Waals surface area contributed by atoms with Gasteiger partial charge >= 0.3 is 5.97 Å². The molecule has 1 aliphatic rings. The molecular formula is C30H33N3O3. The van der Waals surface area contributed by atoms with E-state index in [1.165, 1.54) is 12.5 Å². The second-order valence-corrected chi connectivity index (χ2v) is 9.52. The van der Waals surface area contributed by atoms with E-state index in [-0.39, 0.29) is 11.8 Å². The zero-order valence-electron chi connectivity index (χ0n) is 20.9. The third-order valence-electron chi connectivity index (χ3n) is 6.70. The number of aliphatic carboxylic acids is 1. The van der Waals surface area contributed by atoms with E-state index in [2.05, 4.69) is 58.4 Å². The minimum Gasteiger partial charge on any atom is -0.478 e. The molecule has 1 fully saturated rings. The topological polar surface area (TPSA) is 73.7 Å². The lowest BCUT2D eigenvalue weighted by molar-refractivity contribution is -0.131. The van der Waals surface area contributed by atoms with Gasteiger partial charge in [0.15, 0.2) is 0 Å². The molecule has 1 aliphatic carbocycles. The highest BCUT2D eigenvalue weighted by Crippen LogP contribution is 2.29. The van der Waals surface area contributed by atoms with Crippen molar-refractivity contribution in [1.82, 2.24) is 4.98 Å². The number of rotatable bonds is 8. The number of hydrogen-bond donors (Lipinski definition) is 1. The highest BCUT2D eigenvalue weighted by molar-refractivity contribution is 5.94. The molecule has 1 N–H and O–H groups in total. The van der Waals surface area contributed by atoms with E-state index in [1.807, 2.05) is 14.1 Å². The fourth-order valence-corrected chi connectivity index (χ4v) is 4.63. The summed E-state index contributed by atoms with van der Waals surface area (Å²) in [5.41, 5.74) is 5.12. The van der Waals surface area contributed by atoms with Gasteiger partial charge in [-0.05, 0) is 65.4 Å². The number of pyridine rings is 1. The number of anilines is 2. The largest absolute Gasteiger partial charge is 0.478 e. The van der Waals surface area contributed by atoms with Crippen LogP contribution < -0.4 is 9.80 Å². The van der Waals surface area contributed by atoms with Crippen LogP contribution in [0.5, 0.6) is 0 Å². The van der Waals surface area contributed by atoms with E-state index >= 15 is 0 Å². The molecule has 1 aromatic heterocycles. The van der Waals surface area contributed by atoms with Crippen LogP contribution in [0.25, 0.3) is 17.2 Å². The predicted molar refractivity (Wildman–Crippen MR) is 145 cm³/mol.